The zero-order chi connectivity index (χ0) is 15.2. The highest BCUT2D eigenvalue weighted by atomic mass is 19.3. The summed E-state index contributed by atoms with van der Waals surface area (Å²) in [6.07, 6.45) is 1.62. The number of aromatic nitrogens is 1. The Morgan fingerprint density at radius 1 is 1.43 bits per heavy atom. The molecule has 3 heterocycles. The van der Waals surface area contributed by atoms with Crippen molar-refractivity contribution in [2.24, 2.45) is 5.41 Å². The van der Waals surface area contributed by atoms with Gasteiger partial charge in [0.15, 0.2) is 0 Å². The van der Waals surface area contributed by atoms with Crippen LogP contribution >= 0.6 is 0 Å². The van der Waals surface area contributed by atoms with E-state index in [1.807, 2.05) is 0 Å². The Hall–Kier alpha value is -1.59. The van der Waals surface area contributed by atoms with Crippen molar-refractivity contribution in [2.45, 2.75) is 51.1 Å². The minimum absolute atomic E-state index is 0.130. The maximum Gasteiger partial charge on any atom is 0.252 e. The smallest absolute Gasteiger partial charge is 0.252 e. The van der Waals surface area contributed by atoms with Gasteiger partial charge in [0.2, 0.25) is 5.91 Å². The minimum atomic E-state index is -2.66. The van der Waals surface area contributed by atoms with Gasteiger partial charge >= 0.3 is 0 Å². The average molecular weight is 298 g/mol. The first-order chi connectivity index (χ1) is 9.99. The molecule has 0 unspecified atom stereocenters. The Morgan fingerprint density at radius 3 is 2.81 bits per heavy atom. The van der Waals surface area contributed by atoms with Crippen molar-refractivity contribution in [3.05, 3.63) is 29.8 Å². The summed E-state index contributed by atoms with van der Waals surface area (Å²) in [5.41, 5.74) is -0.976. The number of pyridine rings is 1. The molecule has 3 atom stereocenters. The molecule has 0 aromatic carbocycles. The first-order valence-electron chi connectivity index (χ1n) is 7.21. The van der Waals surface area contributed by atoms with Crippen LogP contribution in [-0.4, -0.2) is 28.3 Å². The quantitative estimate of drug-likeness (QED) is 0.857. The van der Waals surface area contributed by atoms with E-state index >= 15 is 0 Å². The van der Waals surface area contributed by atoms with Gasteiger partial charge < -0.3 is 4.90 Å². The predicted octanol–water partition coefficient (Wildman–Crippen LogP) is 3.32. The van der Waals surface area contributed by atoms with Crippen molar-refractivity contribution in [3.63, 3.8) is 0 Å². The first kappa shape index (κ1) is 14.4. The number of hydrogen-bond acceptors (Lipinski definition) is 2. The van der Waals surface area contributed by atoms with E-state index in [0.717, 1.165) is 6.20 Å². The normalized spacial score (nSPS) is 32.0. The molecule has 2 fully saturated rings. The molecule has 21 heavy (non-hydrogen) atoms. The van der Waals surface area contributed by atoms with Crippen molar-refractivity contribution in [1.29, 1.82) is 0 Å². The average Bonchev–Trinajstić information content (AvgIpc) is 2.98. The third kappa shape index (κ3) is 2.03. The van der Waals surface area contributed by atoms with Crippen LogP contribution in [0.15, 0.2) is 18.5 Å². The van der Waals surface area contributed by atoms with E-state index in [0.29, 0.717) is 18.4 Å². The summed E-state index contributed by atoms with van der Waals surface area (Å²) in [4.78, 5) is 17.9. The summed E-state index contributed by atoms with van der Waals surface area (Å²) in [5.74, 6) is -0.963. The van der Waals surface area contributed by atoms with Crippen LogP contribution in [-0.2, 0) is 4.79 Å². The standard InChI is InChI=1S/C15H17F3N2O/c1-2-15(13(17)18)6-11-3-4-12(20(11)14(15)21)9-5-10(16)8-19-7-9/h5,7-8,11-13H,2-4,6H2,1H3/t11-,12+,15+/m0/s1. The van der Waals surface area contributed by atoms with E-state index in [1.165, 1.54) is 12.3 Å². The molecule has 0 N–H and O–H groups in total. The number of amides is 1. The summed E-state index contributed by atoms with van der Waals surface area (Å²) in [5, 5.41) is 0. The summed E-state index contributed by atoms with van der Waals surface area (Å²) in [6.45, 7) is 1.63. The van der Waals surface area contributed by atoms with Crippen LogP contribution < -0.4 is 0 Å². The summed E-state index contributed by atoms with van der Waals surface area (Å²) in [7, 11) is 0. The van der Waals surface area contributed by atoms with Crippen molar-refractivity contribution >= 4 is 5.91 Å². The zero-order valence-electron chi connectivity index (χ0n) is 11.7. The van der Waals surface area contributed by atoms with E-state index in [-0.39, 0.29) is 24.9 Å². The Kier molecular flexibility index (Phi) is 3.42. The van der Waals surface area contributed by atoms with E-state index in [4.69, 9.17) is 0 Å². The number of nitrogens with zero attached hydrogens (tertiary/aromatic N) is 2. The highest BCUT2D eigenvalue weighted by Crippen LogP contribution is 2.52. The van der Waals surface area contributed by atoms with Crippen LogP contribution in [0.2, 0.25) is 0 Å². The molecule has 2 saturated heterocycles. The molecule has 1 amide bonds. The van der Waals surface area contributed by atoms with Crippen molar-refractivity contribution in [2.75, 3.05) is 0 Å². The first-order valence-corrected chi connectivity index (χ1v) is 7.21. The van der Waals surface area contributed by atoms with Gasteiger partial charge in [-0.25, -0.2) is 13.2 Å². The van der Waals surface area contributed by atoms with Gasteiger partial charge in [0, 0.05) is 12.2 Å². The van der Waals surface area contributed by atoms with E-state index in [1.54, 1.807) is 11.8 Å². The third-order valence-corrected chi connectivity index (χ3v) is 4.92. The number of carbonyl (C=O) groups excluding carboxylic acids is 1. The summed E-state index contributed by atoms with van der Waals surface area (Å²) >= 11 is 0. The molecule has 3 rings (SSSR count). The molecule has 0 aliphatic carbocycles. The molecule has 1 aromatic rings. The molecule has 1 aromatic heterocycles. The summed E-state index contributed by atoms with van der Waals surface area (Å²) < 4.78 is 40.2. The zero-order valence-corrected chi connectivity index (χ0v) is 11.7. The second-order valence-electron chi connectivity index (χ2n) is 5.91. The van der Waals surface area contributed by atoms with Gasteiger partial charge in [0.05, 0.1) is 12.2 Å². The molecular formula is C15H17F3N2O. The third-order valence-electron chi connectivity index (χ3n) is 4.92. The maximum atomic E-state index is 13.4. The number of hydrogen-bond donors (Lipinski definition) is 0. The lowest BCUT2D eigenvalue weighted by Gasteiger charge is -2.29. The summed E-state index contributed by atoms with van der Waals surface area (Å²) in [6, 6.07) is 0.833. The maximum absolute atomic E-state index is 13.4. The van der Waals surface area contributed by atoms with Crippen molar-refractivity contribution in [1.82, 2.24) is 9.88 Å². The van der Waals surface area contributed by atoms with E-state index in [2.05, 4.69) is 4.98 Å². The molecule has 2 aliphatic heterocycles. The fourth-order valence-electron chi connectivity index (χ4n) is 3.73. The molecule has 0 radical (unpaired) electrons. The van der Waals surface area contributed by atoms with Crippen LogP contribution in [0.4, 0.5) is 13.2 Å². The topological polar surface area (TPSA) is 33.2 Å². The number of halogens is 3. The van der Waals surface area contributed by atoms with Crippen LogP contribution in [0.3, 0.4) is 0 Å². The lowest BCUT2D eigenvalue weighted by Crippen LogP contribution is -2.40. The Bertz CT molecular complexity index is 566. The van der Waals surface area contributed by atoms with E-state index < -0.39 is 23.6 Å². The van der Waals surface area contributed by atoms with Crippen molar-refractivity contribution < 1.29 is 18.0 Å². The Balaban J connectivity index is 1.94. The molecule has 0 bridgehead atoms. The monoisotopic (exact) mass is 298 g/mol. The predicted molar refractivity (Wildman–Crippen MR) is 70.1 cm³/mol. The van der Waals surface area contributed by atoms with Crippen LogP contribution in [0.5, 0.6) is 0 Å². The Morgan fingerprint density at radius 2 is 2.19 bits per heavy atom. The van der Waals surface area contributed by atoms with Gasteiger partial charge in [-0.1, -0.05) is 6.92 Å². The fraction of sp³-hybridized carbons (Fsp3) is 0.600. The highest BCUT2D eigenvalue weighted by Gasteiger charge is 2.59. The lowest BCUT2D eigenvalue weighted by atomic mass is 9.81. The van der Waals surface area contributed by atoms with Crippen molar-refractivity contribution in [3.8, 4) is 0 Å². The van der Waals surface area contributed by atoms with Gasteiger partial charge in [-0.05, 0) is 37.3 Å². The number of alkyl halides is 2. The van der Waals surface area contributed by atoms with Gasteiger partial charge in [0.1, 0.15) is 11.2 Å². The van der Waals surface area contributed by atoms with Gasteiger partial charge in [-0.2, -0.15) is 0 Å². The molecule has 0 spiro atoms. The highest BCUT2D eigenvalue weighted by molar-refractivity contribution is 5.86. The van der Waals surface area contributed by atoms with Crippen LogP contribution in [0.1, 0.15) is 44.2 Å². The molecule has 0 saturated carbocycles. The van der Waals surface area contributed by atoms with Gasteiger partial charge in [0.25, 0.3) is 6.43 Å². The second-order valence-corrected chi connectivity index (χ2v) is 5.91. The number of carbonyl (C=O) groups is 1. The van der Waals surface area contributed by atoms with Crippen LogP contribution in [0, 0.1) is 11.2 Å². The number of rotatable bonds is 3. The minimum Gasteiger partial charge on any atom is -0.332 e. The van der Waals surface area contributed by atoms with Crippen LogP contribution in [0.25, 0.3) is 0 Å². The Labute approximate surface area is 121 Å². The molecular weight excluding hydrogens is 281 g/mol. The molecule has 6 heteroatoms. The molecule has 2 aliphatic rings. The second kappa shape index (κ2) is 5.00. The van der Waals surface area contributed by atoms with Gasteiger partial charge in [-0.3, -0.25) is 9.78 Å². The lowest BCUT2D eigenvalue weighted by molar-refractivity contribution is -0.146. The van der Waals surface area contributed by atoms with E-state index in [9.17, 15) is 18.0 Å². The fourth-order valence-corrected chi connectivity index (χ4v) is 3.73. The largest absolute Gasteiger partial charge is 0.332 e. The SMILES string of the molecule is CC[C@]1(C(F)F)C[C@@H]2CC[C@H](c3cncc(F)c3)N2C1=O. The van der Waals surface area contributed by atoms with Gasteiger partial charge in [-0.15, -0.1) is 0 Å². The molecule has 3 nitrogen and oxygen atoms in total. The molecule has 114 valence electrons. The number of fused-ring (bicyclic) bond motifs is 1.